The Hall–Kier alpha value is -0.770. The van der Waals surface area contributed by atoms with E-state index in [9.17, 15) is 0 Å². The molecule has 1 aromatic carbocycles. The standard InChI is InChI=1S/C14H21ClN2O/c1-17-6-5-11(9-17)12(8-16)10-18-14-4-2-3-13(15)7-14/h2-4,7,11-12H,5-6,8-10,16H2,1H3. The maximum Gasteiger partial charge on any atom is 0.120 e. The van der Waals surface area contributed by atoms with Crippen molar-refractivity contribution in [3.05, 3.63) is 29.3 Å². The minimum Gasteiger partial charge on any atom is -0.493 e. The van der Waals surface area contributed by atoms with Crippen LogP contribution in [0.1, 0.15) is 6.42 Å². The normalized spacial score (nSPS) is 22.1. The van der Waals surface area contributed by atoms with Gasteiger partial charge in [0.1, 0.15) is 5.75 Å². The minimum atomic E-state index is 0.425. The van der Waals surface area contributed by atoms with E-state index in [-0.39, 0.29) is 0 Å². The average Bonchev–Trinajstić information content (AvgIpc) is 2.77. The monoisotopic (exact) mass is 268 g/mol. The summed E-state index contributed by atoms with van der Waals surface area (Å²) in [6, 6.07) is 7.52. The molecule has 3 nitrogen and oxygen atoms in total. The number of likely N-dealkylation sites (tertiary alicyclic amines) is 1. The molecule has 2 N–H and O–H groups in total. The molecule has 1 heterocycles. The third-order valence-corrected chi connectivity index (χ3v) is 3.89. The summed E-state index contributed by atoms with van der Waals surface area (Å²) in [6.07, 6.45) is 1.22. The average molecular weight is 269 g/mol. The molecule has 0 radical (unpaired) electrons. The van der Waals surface area contributed by atoms with Crippen molar-refractivity contribution in [2.45, 2.75) is 6.42 Å². The predicted molar refractivity (Wildman–Crippen MR) is 75.1 cm³/mol. The highest BCUT2D eigenvalue weighted by atomic mass is 35.5. The molecule has 1 saturated heterocycles. The van der Waals surface area contributed by atoms with Crippen molar-refractivity contribution < 1.29 is 4.74 Å². The minimum absolute atomic E-state index is 0.425. The lowest BCUT2D eigenvalue weighted by atomic mass is 9.92. The summed E-state index contributed by atoms with van der Waals surface area (Å²) in [5.74, 6) is 1.90. The zero-order valence-electron chi connectivity index (χ0n) is 10.8. The van der Waals surface area contributed by atoms with E-state index in [1.807, 2.05) is 24.3 Å². The second-order valence-electron chi connectivity index (χ2n) is 5.08. The lowest BCUT2D eigenvalue weighted by Gasteiger charge is -2.22. The molecule has 18 heavy (non-hydrogen) atoms. The highest BCUT2D eigenvalue weighted by molar-refractivity contribution is 6.30. The van der Waals surface area contributed by atoms with Crippen molar-refractivity contribution in [2.24, 2.45) is 17.6 Å². The number of rotatable bonds is 5. The molecular formula is C14H21ClN2O. The first-order valence-electron chi connectivity index (χ1n) is 6.46. The Morgan fingerprint density at radius 3 is 3.00 bits per heavy atom. The number of nitrogens with two attached hydrogens (primary N) is 1. The highest BCUT2D eigenvalue weighted by Crippen LogP contribution is 2.24. The van der Waals surface area contributed by atoms with Gasteiger partial charge in [0, 0.05) is 17.5 Å². The summed E-state index contributed by atoms with van der Waals surface area (Å²) in [4.78, 5) is 2.35. The molecule has 100 valence electrons. The maximum absolute atomic E-state index is 5.93. The molecule has 4 heteroatoms. The lowest BCUT2D eigenvalue weighted by Crippen LogP contribution is -2.30. The number of nitrogens with zero attached hydrogens (tertiary/aromatic N) is 1. The van der Waals surface area contributed by atoms with Crippen molar-refractivity contribution in [3.8, 4) is 5.75 Å². The Bertz CT molecular complexity index is 386. The topological polar surface area (TPSA) is 38.5 Å². The van der Waals surface area contributed by atoms with Crippen molar-refractivity contribution in [1.29, 1.82) is 0 Å². The van der Waals surface area contributed by atoms with Gasteiger partial charge in [-0.05, 0) is 50.7 Å². The van der Waals surface area contributed by atoms with Gasteiger partial charge in [-0.25, -0.2) is 0 Å². The quantitative estimate of drug-likeness (QED) is 0.890. The fraction of sp³-hybridized carbons (Fsp3) is 0.571. The van der Waals surface area contributed by atoms with Gasteiger partial charge < -0.3 is 15.4 Å². The van der Waals surface area contributed by atoms with E-state index in [0.29, 0.717) is 30.0 Å². The van der Waals surface area contributed by atoms with Crippen LogP contribution < -0.4 is 10.5 Å². The van der Waals surface area contributed by atoms with E-state index in [4.69, 9.17) is 22.1 Å². The smallest absolute Gasteiger partial charge is 0.120 e. The molecule has 0 amide bonds. The fourth-order valence-corrected chi connectivity index (χ4v) is 2.69. The van der Waals surface area contributed by atoms with Crippen LogP contribution in [0.5, 0.6) is 5.75 Å². The van der Waals surface area contributed by atoms with Gasteiger partial charge in [-0.2, -0.15) is 0 Å². The Morgan fingerprint density at radius 2 is 2.39 bits per heavy atom. The van der Waals surface area contributed by atoms with Crippen molar-refractivity contribution in [1.82, 2.24) is 4.90 Å². The molecular weight excluding hydrogens is 248 g/mol. The first-order valence-corrected chi connectivity index (χ1v) is 6.84. The van der Waals surface area contributed by atoms with Gasteiger partial charge >= 0.3 is 0 Å². The maximum atomic E-state index is 5.93. The van der Waals surface area contributed by atoms with Crippen molar-refractivity contribution in [3.63, 3.8) is 0 Å². The van der Waals surface area contributed by atoms with Crippen LogP contribution in [0.15, 0.2) is 24.3 Å². The second kappa shape index (κ2) is 6.41. The van der Waals surface area contributed by atoms with Crippen LogP contribution in [-0.4, -0.2) is 38.2 Å². The van der Waals surface area contributed by atoms with Gasteiger partial charge in [-0.1, -0.05) is 17.7 Å². The Labute approximate surface area is 114 Å². The SMILES string of the molecule is CN1CCC(C(CN)COc2cccc(Cl)c2)C1. The summed E-state index contributed by atoms with van der Waals surface area (Å²) in [7, 11) is 2.16. The molecule has 1 fully saturated rings. The number of ether oxygens (including phenoxy) is 1. The van der Waals surface area contributed by atoms with E-state index < -0.39 is 0 Å². The van der Waals surface area contributed by atoms with E-state index in [0.717, 1.165) is 12.3 Å². The predicted octanol–water partition coefficient (Wildman–Crippen LogP) is 2.25. The van der Waals surface area contributed by atoms with Crippen LogP contribution in [0, 0.1) is 11.8 Å². The first kappa shape index (κ1) is 13.7. The number of hydrogen-bond acceptors (Lipinski definition) is 3. The molecule has 2 unspecified atom stereocenters. The van der Waals surface area contributed by atoms with Gasteiger partial charge in [0.05, 0.1) is 6.61 Å². The van der Waals surface area contributed by atoms with Gasteiger partial charge in [0.15, 0.2) is 0 Å². The van der Waals surface area contributed by atoms with Gasteiger partial charge in [0.2, 0.25) is 0 Å². The Morgan fingerprint density at radius 1 is 1.56 bits per heavy atom. The third kappa shape index (κ3) is 3.61. The van der Waals surface area contributed by atoms with Crippen LogP contribution in [0.4, 0.5) is 0 Å². The third-order valence-electron chi connectivity index (χ3n) is 3.66. The van der Waals surface area contributed by atoms with Crippen LogP contribution in [0.2, 0.25) is 5.02 Å². The van der Waals surface area contributed by atoms with E-state index in [1.54, 1.807) is 0 Å². The van der Waals surface area contributed by atoms with Crippen molar-refractivity contribution >= 4 is 11.6 Å². The zero-order valence-corrected chi connectivity index (χ0v) is 11.6. The molecule has 0 saturated carbocycles. The Kier molecular flexibility index (Phi) is 4.87. The van der Waals surface area contributed by atoms with Crippen LogP contribution in [-0.2, 0) is 0 Å². The molecule has 1 aliphatic heterocycles. The summed E-state index contributed by atoms with van der Waals surface area (Å²) in [6.45, 7) is 3.65. The largest absolute Gasteiger partial charge is 0.493 e. The highest BCUT2D eigenvalue weighted by Gasteiger charge is 2.27. The molecule has 0 bridgehead atoms. The lowest BCUT2D eigenvalue weighted by molar-refractivity contribution is 0.199. The number of hydrogen-bond donors (Lipinski definition) is 1. The molecule has 1 aromatic rings. The summed E-state index contributed by atoms with van der Waals surface area (Å²) >= 11 is 5.93. The molecule has 0 aromatic heterocycles. The van der Waals surface area contributed by atoms with Crippen molar-refractivity contribution in [2.75, 3.05) is 33.3 Å². The molecule has 0 spiro atoms. The summed E-state index contributed by atoms with van der Waals surface area (Å²) in [5, 5.41) is 0.706. The molecule has 1 aliphatic rings. The summed E-state index contributed by atoms with van der Waals surface area (Å²) < 4.78 is 5.80. The first-order chi connectivity index (χ1) is 8.69. The van der Waals surface area contributed by atoms with Gasteiger partial charge in [-0.3, -0.25) is 0 Å². The second-order valence-corrected chi connectivity index (χ2v) is 5.51. The van der Waals surface area contributed by atoms with Gasteiger partial charge in [0.25, 0.3) is 0 Å². The zero-order chi connectivity index (χ0) is 13.0. The van der Waals surface area contributed by atoms with Crippen LogP contribution in [0.3, 0.4) is 0 Å². The van der Waals surface area contributed by atoms with E-state index >= 15 is 0 Å². The van der Waals surface area contributed by atoms with Gasteiger partial charge in [-0.15, -0.1) is 0 Å². The Balaban J connectivity index is 1.87. The van der Waals surface area contributed by atoms with E-state index in [2.05, 4.69) is 11.9 Å². The van der Waals surface area contributed by atoms with E-state index in [1.165, 1.54) is 13.0 Å². The van der Waals surface area contributed by atoms with Crippen LogP contribution in [0.25, 0.3) is 0 Å². The summed E-state index contributed by atoms with van der Waals surface area (Å²) in [5.41, 5.74) is 5.87. The van der Waals surface area contributed by atoms with Crippen LogP contribution >= 0.6 is 11.6 Å². The fourth-order valence-electron chi connectivity index (χ4n) is 2.51. The molecule has 2 atom stereocenters. The number of benzene rings is 1. The molecule has 0 aliphatic carbocycles. The number of halogens is 1. The molecule has 2 rings (SSSR count).